The van der Waals surface area contributed by atoms with Crippen molar-refractivity contribution in [2.75, 3.05) is 0 Å². The number of rotatable bonds is 8. The molecule has 1 aliphatic heterocycles. The molecule has 8 aromatic carbocycles. The van der Waals surface area contributed by atoms with Gasteiger partial charge in [0.15, 0.2) is 0 Å². The molecular weight excluding hydrogens is 973 g/mol. The standard InChI is InChI=1S/C75H76N4O/c1-48-39-68(76-46-62(48)60-29-22-30-63-69(60)75(13,14)38-37-74(63,11)12)79-64-36-33-51(71(2,3)4)43-61(64)59-35-34-56(45-67(59)79)80-55-26-20-25-54(44-55)77-47-78(66-32-19-18-31-65(66)77)70-57(49-23-16-15-17-24-49)27-21-28-58(70)50-40-52(72(5,6)7)42-53(41-50)73(8,9)10/h15-36,39-46H,37-38H2,1-14H3/q+2/i1D3. The molecule has 400 valence electrons. The summed E-state index contributed by atoms with van der Waals surface area (Å²) in [6.07, 6.45) is 3.87. The SMILES string of the molecule is [2H]C([2H])([2H])c1cc(-n2c3ccc(C(C)(C)C)cc3c3ccc(Oc4cccc([N+]5=C=[N+](c6c(-c7ccccc7)cccc6-c6cc(C(C)(C)C)cc(C(C)(C)C)c6)c6ccccc65)c4)cc32)ncc1-c1cccc2c1C(C)(C)CCC2(C)C. The number of aryl methyl sites for hydroxylation is 1. The minimum absolute atomic E-state index is 0.0424. The van der Waals surface area contributed by atoms with Gasteiger partial charge in [-0.1, -0.05) is 187 Å². The van der Waals surface area contributed by atoms with E-state index < -0.39 is 6.85 Å². The highest BCUT2D eigenvalue weighted by molar-refractivity contribution is 6.10. The lowest BCUT2D eigenvalue weighted by Crippen LogP contribution is -2.34. The van der Waals surface area contributed by atoms with Crippen molar-refractivity contribution in [3.05, 3.63) is 216 Å². The lowest BCUT2D eigenvalue weighted by atomic mass is 9.61. The minimum Gasteiger partial charge on any atom is -0.457 e. The van der Waals surface area contributed by atoms with Gasteiger partial charge in [0.1, 0.15) is 17.3 Å². The molecule has 80 heavy (non-hydrogen) atoms. The zero-order valence-corrected chi connectivity index (χ0v) is 48.9. The van der Waals surface area contributed by atoms with Gasteiger partial charge in [-0.25, -0.2) is 4.98 Å². The molecule has 5 nitrogen and oxygen atoms in total. The second kappa shape index (κ2) is 19.0. The number of aromatic nitrogens is 2. The highest BCUT2D eigenvalue weighted by Gasteiger charge is 2.41. The fraction of sp³-hybridized carbons (Fsp3) is 0.280. The number of hydrogen-bond donors (Lipinski definition) is 0. The van der Waals surface area contributed by atoms with Crippen molar-refractivity contribution in [1.82, 2.24) is 18.7 Å². The number of pyridine rings is 1. The van der Waals surface area contributed by atoms with Crippen molar-refractivity contribution >= 4 is 50.6 Å². The minimum atomic E-state index is -2.43. The topological polar surface area (TPSA) is 33.1 Å². The van der Waals surface area contributed by atoms with Crippen LogP contribution in [-0.4, -0.2) is 15.6 Å². The lowest BCUT2D eigenvalue weighted by Gasteiger charge is -2.43. The predicted octanol–water partition coefficient (Wildman–Crippen LogP) is 20.4. The lowest BCUT2D eigenvalue weighted by molar-refractivity contribution is 0.333. The molecule has 0 radical (unpaired) electrons. The summed E-state index contributed by atoms with van der Waals surface area (Å²) < 4.78 is 40.6. The first kappa shape index (κ1) is 49.0. The van der Waals surface area contributed by atoms with E-state index in [9.17, 15) is 0 Å². The molecule has 0 saturated heterocycles. The number of para-hydroxylation sites is 3. The Bertz CT molecular complexity index is 4290. The maximum absolute atomic E-state index is 9.07. The molecule has 2 aliphatic rings. The summed E-state index contributed by atoms with van der Waals surface area (Å²) in [5, 5.41) is 2.07. The molecule has 0 fully saturated rings. The smallest absolute Gasteiger partial charge is 0.457 e. The van der Waals surface area contributed by atoms with Gasteiger partial charge < -0.3 is 4.74 Å². The van der Waals surface area contributed by atoms with Crippen molar-refractivity contribution in [3.8, 4) is 50.7 Å². The highest BCUT2D eigenvalue weighted by atomic mass is 16.5. The van der Waals surface area contributed by atoms with E-state index in [1.807, 2.05) is 18.2 Å². The van der Waals surface area contributed by atoms with E-state index in [2.05, 4.69) is 261 Å². The van der Waals surface area contributed by atoms with Crippen LogP contribution in [0.25, 0.3) is 61.0 Å². The molecule has 0 unspecified atom stereocenters. The van der Waals surface area contributed by atoms with Crippen LogP contribution in [-0.2, 0) is 27.1 Å². The second-order valence-corrected chi connectivity index (χ2v) is 26.8. The molecule has 5 heteroatoms. The molecular formula is C75H76N4O+2. The van der Waals surface area contributed by atoms with Gasteiger partial charge in [0, 0.05) is 50.9 Å². The average molecular weight is 1050 g/mol. The third kappa shape index (κ3) is 9.30. The average Bonchev–Trinajstić information content (AvgIpc) is 1.96. The Labute approximate surface area is 478 Å². The summed E-state index contributed by atoms with van der Waals surface area (Å²) in [7, 11) is 0. The fourth-order valence-corrected chi connectivity index (χ4v) is 12.3. The summed E-state index contributed by atoms with van der Waals surface area (Å²) >= 11 is 0. The zero-order chi connectivity index (χ0) is 58.8. The Hall–Kier alpha value is -8.11. The van der Waals surface area contributed by atoms with Gasteiger partial charge in [-0.2, -0.15) is 0 Å². The van der Waals surface area contributed by atoms with E-state index in [1.165, 1.54) is 27.8 Å². The molecule has 12 rings (SSSR count). The number of hydrogen-bond acceptors (Lipinski definition) is 2. The first-order valence-corrected chi connectivity index (χ1v) is 28.5. The van der Waals surface area contributed by atoms with Gasteiger partial charge in [-0.15, -0.1) is 0 Å². The van der Waals surface area contributed by atoms with Crippen LogP contribution in [0.1, 0.15) is 140 Å². The largest absolute Gasteiger partial charge is 0.503 e. The zero-order valence-electron chi connectivity index (χ0n) is 51.9. The van der Waals surface area contributed by atoms with E-state index in [4.69, 9.17) is 13.8 Å². The Balaban J connectivity index is 0.999. The van der Waals surface area contributed by atoms with Gasteiger partial charge in [0.05, 0.1) is 28.2 Å². The number of ether oxygens (including phenoxy) is 1. The second-order valence-electron chi connectivity index (χ2n) is 26.8. The molecule has 10 aromatic rings. The van der Waals surface area contributed by atoms with Gasteiger partial charge in [0.2, 0.25) is 11.4 Å². The molecule has 3 heterocycles. The monoisotopic (exact) mass is 1050 g/mol. The summed E-state index contributed by atoms with van der Waals surface area (Å²) in [6, 6.07) is 66.1. The number of fused-ring (bicyclic) bond motifs is 5. The third-order valence-corrected chi connectivity index (χ3v) is 17.1. The molecule has 0 amide bonds. The van der Waals surface area contributed by atoms with E-state index in [1.54, 1.807) is 12.3 Å². The predicted molar refractivity (Wildman–Crippen MR) is 338 cm³/mol. The molecule has 0 atom stereocenters. The van der Waals surface area contributed by atoms with Crippen LogP contribution in [0.4, 0.5) is 22.7 Å². The van der Waals surface area contributed by atoms with Crippen LogP contribution >= 0.6 is 0 Å². The van der Waals surface area contributed by atoms with Crippen molar-refractivity contribution < 1.29 is 8.85 Å². The van der Waals surface area contributed by atoms with Gasteiger partial charge in [0.25, 0.3) is 11.4 Å². The Kier molecular flexibility index (Phi) is 11.6. The first-order valence-electron chi connectivity index (χ1n) is 30.0. The molecule has 2 aromatic heterocycles. The summed E-state index contributed by atoms with van der Waals surface area (Å²) in [6.45, 7) is 27.2. The van der Waals surface area contributed by atoms with Crippen LogP contribution < -0.4 is 13.9 Å². The van der Waals surface area contributed by atoms with Gasteiger partial charge >= 0.3 is 6.01 Å². The Morgan fingerprint density at radius 3 is 1.84 bits per heavy atom. The molecule has 0 saturated carbocycles. The summed E-state index contributed by atoms with van der Waals surface area (Å²) in [5.41, 5.74) is 18.0. The van der Waals surface area contributed by atoms with Crippen LogP contribution in [0.3, 0.4) is 0 Å². The number of nitrogens with zero attached hydrogens (tertiary/aromatic N) is 4. The number of benzene rings is 8. The van der Waals surface area contributed by atoms with Crippen molar-refractivity contribution in [1.29, 1.82) is 0 Å². The maximum atomic E-state index is 9.07. The van der Waals surface area contributed by atoms with Crippen molar-refractivity contribution in [3.63, 3.8) is 0 Å². The van der Waals surface area contributed by atoms with Crippen molar-refractivity contribution in [2.24, 2.45) is 0 Å². The highest BCUT2D eigenvalue weighted by Crippen LogP contribution is 2.51. The van der Waals surface area contributed by atoms with Crippen LogP contribution in [0.15, 0.2) is 182 Å². The van der Waals surface area contributed by atoms with Crippen LogP contribution in [0.5, 0.6) is 11.5 Å². The molecule has 0 spiro atoms. The van der Waals surface area contributed by atoms with E-state index >= 15 is 0 Å². The van der Waals surface area contributed by atoms with Gasteiger partial charge in [-0.05, 0) is 155 Å². The Morgan fingerprint density at radius 1 is 0.512 bits per heavy atom. The van der Waals surface area contributed by atoms with E-state index in [-0.39, 0.29) is 32.6 Å². The molecule has 0 bridgehead atoms. The Morgan fingerprint density at radius 2 is 1.14 bits per heavy atom. The van der Waals surface area contributed by atoms with Crippen molar-refractivity contribution in [2.45, 2.75) is 137 Å². The maximum Gasteiger partial charge on any atom is 0.503 e. The summed E-state index contributed by atoms with van der Waals surface area (Å²) in [5.74, 6) is 1.82. The molecule has 1 aliphatic carbocycles. The van der Waals surface area contributed by atoms with Crippen LogP contribution in [0, 0.1) is 6.85 Å². The summed E-state index contributed by atoms with van der Waals surface area (Å²) in [4.78, 5) is 5.22. The normalized spacial score (nSPS) is 15.6. The fourth-order valence-electron chi connectivity index (χ4n) is 12.3. The quantitative estimate of drug-likeness (QED) is 0.142. The van der Waals surface area contributed by atoms with Gasteiger partial charge in [-0.3, -0.25) is 4.57 Å². The third-order valence-electron chi connectivity index (χ3n) is 17.1. The first-order chi connectivity index (χ1) is 39.2. The van der Waals surface area contributed by atoms with E-state index in [0.29, 0.717) is 22.9 Å². The van der Waals surface area contributed by atoms with Crippen LogP contribution in [0.2, 0.25) is 0 Å². The molecule has 0 N–H and O–H groups in total. The van der Waals surface area contributed by atoms with E-state index in [0.717, 1.165) is 85.2 Å².